The summed E-state index contributed by atoms with van der Waals surface area (Å²) in [5, 5.41) is 10.5. The number of aliphatic hydroxyl groups is 1. The Balaban J connectivity index is 1.60. The molecule has 4 heteroatoms. The Morgan fingerprint density at radius 3 is 2.63 bits per heavy atom. The number of carbonyl (C=O) groups excluding carboxylic acids is 1. The van der Waals surface area contributed by atoms with Crippen molar-refractivity contribution in [1.29, 1.82) is 0 Å². The van der Waals surface area contributed by atoms with Crippen molar-refractivity contribution in [3.63, 3.8) is 0 Å². The molecule has 27 heavy (non-hydrogen) atoms. The Kier molecular flexibility index (Phi) is 5.06. The molecule has 0 saturated carbocycles. The number of aromatic nitrogens is 1. The predicted octanol–water partition coefficient (Wildman–Crippen LogP) is 4.39. The lowest BCUT2D eigenvalue weighted by Crippen LogP contribution is -2.08. The molecule has 136 valence electrons. The second kappa shape index (κ2) is 7.63. The van der Waals surface area contributed by atoms with Gasteiger partial charge < -0.3 is 5.11 Å². The summed E-state index contributed by atoms with van der Waals surface area (Å²) in [7, 11) is 0. The number of carbonyl (C=O) groups is 1. The maximum Gasteiger partial charge on any atom is 0.141 e. The zero-order valence-electron chi connectivity index (χ0n) is 14.9. The zero-order chi connectivity index (χ0) is 18.8. The maximum absolute atomic E-state index is 11.7. The standard InChI is InChI=1S/C23H20ClNO2/c24-23-4-2-1-3-22(23)20(14-26)8-15-7-19(13-25-12-15)16-5-6-17-10-21(27)11-18(17)9-16/h1-7,9,12-13,20,26H,8,10-11,14H2/t20-/m0/s1. The van der Waals surface area contributed by atoms with Crippen LogP contribution >= 0.6 is 11.6 Å². The number of rotatable bonds is 5. The van der Waals surface area contributed by atoms with Crippen LogP contribution in [0.15, 0.2) is 60.9 Å². The normalized spacial score (nSPS) is 14.2. The van der Waals surface area contributed by atoms with E-state index in [0.29, 0.717) is 24.3 Å². The maximum atomic E-state index is 11.7. The summed E-state index contributed by atoms with van der Waals surface area (Å²) in [5.74, 6) is 0.202. The summed E-state index contributed by atoms with van der Waals surface area (Å²) < 4.78 is 0. The lowest BCUT2D eigenvalue weighted by Gasteiger charge is -2.16. The van der Waals surface area contributed by atoms with Crippen molar-refractivity contribution in [1.82, 2.24) is 4.98 Å². The van der Waals surface area contributed by atoms with E-state index in [1.54, 1.807) is 0 Å². The molecular weight excluding hydrogens is 358 g/mol. The first-order chi connectivity index (χ1) is 13.1. The molecule has 1 aromatic heterocycles. The molecular formula is C23H20ClNO2. The molecule has 0 unspecified atom stereocenters. The third-order valence-electron chi connectivity index (χ3n) is 5.16. The van der Waals surface area contributed by atoms with E-state index in [2.05, 4.69) is 23.2 Å². The van der Waals surface area contributed by atoms with E-state index in [1.807, 2.05) is 42.7 Å². The number of aliphatic hydroxyl groups excluding tert-OH is 1. The molecule has 1 aliphatic carbocycles. The monoisotopic (exact) mass is 377 g/mol. The fourth-order valence-corrected chi connectivity index (χ4v) is 4.04. The molecule has 2 aromatic carbocycles. The molecule has 1 aliphatic rings. The van der Waals surface area contributed by atoms with Crippen molar-refractivity contribution in [3.8, 4) is 11.1 Å². The fourth-order valence-electron chi connectivity index (χ4n) is 3.75. The fraction of sp³-hybridized carbons (Fsp3) is 0.217. The van der Waals surface area contributed by atoms with Crippen molar-refractivity contribution < 1.29 is 9.90 Å². The minimum Gasteiger partial charge on any atom is -0.396 e. The van der Waals surface area contributed by atoms with Crippen molar-refractivity contribution in [2.24, 2.45) is 0 Å². The van der Waals surface area contributed by atoms with Crippen molar-refractivity contribution in [3.05, 3.63) is 88.2 Å². The molecule has 1 atom stereocenters. The highest BCUT2D eigenvalue weighted by Crippen LogP contribution is 2.30. The number of Topliss-reactive ketones (excluding diaryl/α,β-unsaturated/α-hetero) is 1. The van der Waals surface area contributed by atoms with Gasteiger partial charge in [0, 0.05) is 41.7 Å². The van der Waals surface area contributed by atoms with E-state index in [1.165, 1.54) is 0 Å². The third-order valence-corrected chi connectivity index (χ3v) is 5.50. The average molecular weight is 378 g/mol. The number of benzene rings is 2. The van der Waals surface area contributed by atoms with Crippen LogP contribution in [0.4, 0.5) is 0 Å². The van der Waals surface area contributed by atoms with Gasteiger partial charge >= 0.3 is 0 Å². The Morgan fingerprint density at radius 1 is 1.00 bits per heavy atom. The Bertz CT molecular complexity index is 999. The Morgan fingerprint density at radius 2 is 1.81 bits per heavy atom. The van der Waals surface area contributed by atoms with E-state index in [4.69, 9.17) is 11.6 Å². The van der Waals surface area contributed by atoms with Crippen molar-refractivity contribution >= 4 is 17.4 Å². The summed E-state index contributed by atoms with van der Waals surface area (Å²) in [6.07, 6.45) is 5.40. The smallest absolute Gasteiger partial charge is 0.141 e. The summed E-state index contributed by atoms with van der Waals surface area (Å²) in [6, 6.07) is 15.9. The molecule has 0 spiro atoms. The third kappa shape index (κ3) is 3.80. The molecule has 0 amide bonds. The highest BCUT2D eigenvalue weighted by molar-refractivity contribution is 6.31. The van der Waals surface area contributed by atoms with Crippen LogP contribution < -0.4 is 0 Å². The van der Waals surface area contributed by atoms with Crippen LogP contribution in [0.1, 0.15) is 28.2 Å². The predicted molar refractivity (Wildman–Crippen MR) is 107 cm³/mol. The summed E-state index contributed by atoms with van der Waals surface area (Å²) in [4.78, 5) is 16.1. The highest BCUT2D eigenvalue weighted by Gasteiger charge is 2.19. The quantitative estimate of drug-likeness (QED) is 0.717. The first kappa shape index (κ1) is 17.9. The minimum absolute atomic E-state index is 0.0227. The van der Waals surface area contributed by atoms with Crippen LogP contribution in [0.25, 0.3) is 11.1 Å². The molecule has 0 bridgehead atoms. The Hall–Kier alpha value is -2.49. The van der Waals surface area contributed by atoms with Gasteiger partial charge in [-0.05, 0) is 46.4 Å². The number of fused-ring (bicyclic) bond motifs is 1. The number of halogens is 1. The van der Waals surface area contributed by atoms with Gasteiger partial charge in [0.15, 0.2) is 0 Å². The lowest BCUT2D eigenvalue weighted by molar-refractivity contribution is -0.117. The van der Waals surface area contributed by atoms with Crippen LogP contribution in [0.3, 0.4) is 0 Å². The van der Waals surface area contributed by atoms with Gasteiger partial charge in [-0.1, -0.05) is 48.0 Å². The molecule has 1 heterocycles. The van der Waals surface area contributed by atoms with Gasteiger partial charge in [0.1, 0.15) is 5.78 Å². The number of hydrogen-bond donors (Lipinski definition) is 1. The minimum atomic E-state index is -0.0756. The molecule has 0 aliphatic heterocycles. The molecule has 1 N–H and O–H groups in total. The second-order valence-electron chi connectivity index (χ2n) is 7.06. The van der Waals surface area contributed by atoms with Crippen molar-refractivity contribution in [2.75, 3.05) is 6.61 Å². The van der Waals surface area contributed by atoms with E-state index < -0.39 is 0 Å². The molecule has 3 nitrogen and oxygen atoms in total. The van der Waals surface area contributed by atoms with Crippen LogP contribution in [-0.2, 0) is 24.1 Å². The van der Waals surface area contributed by atoms with Gasteiger partial charge in [-0.15, -0.1) is 0 Å². The summed E-state index contributed by atoms with van der Waals surface area (Å²) in [5.41, 5.74) is 6.33. The first-order valence-corrected chi connectivity index (χ1v) is 9.45. The molecule has 0 saturated heterocycles. The van der Waals surface area contributed by atoms with Crippen LogP contribution in [0.2, 0.25) is 5.02 Å². The second-order valence-corrected chi connectivity index (χ2v) is 7.47. The number of hydrogen-bond acceptors (Lipinski definition) is 3. The van der Waals surface area contributed by atoms with Gasteiger partial charge in [-0.3, -0.25) is 9.78 Å². The van der Waals surface area contributed by atoms with Gasteiger partial charge in [-0.25, -0.2) is 0 Å². The molecule has 4 rings (SSSR count). The Labute approximate surface area is 163 Å². The van der Waals surface area contributed by atoms with E-state index >= 15 is 0 Å². The SMILES string of the molecule is O=C1Cc2ccc(-c3cncc(C[C@@H](CO)c4ccccc4Cl)c3)cc2C1. The van der Waals surface area contributed by atoms with E-state index in [9.17, 15) is 9.90 Å². The van der Waals surface area contributed by atoms with E-state index in [-0.39, 0.29) is 18.3 Å². The highest BCUT2D eigenvalue weighted by atomic mass is 35.5. The molecule has 3 aromatic rings. The largest absolute Gasteiger partial charge is 0.396 e. The number of nitrogens with zero attached hydrogens (tertiary/aromatic N) is 1. The van der Waals surface area contributed by atoms with Crippen molar-refractivity contribution in [2.45, 2.75) is 25.2 Å². The number of ketones is 1. The van der Waals surface area contributed by atoms with Gasteiger partial charge in [-0.2, -0.15) is 0 Å². The van der Waals surface area contributed by atoms with Gasteiger partial charge in [0.25, 0.3) is 0 Å². The van der Waals surface area contributed by atoms with Crippen LogP contribution in [0.5, 0.6) is 0 Å². The summed E-state index contributed by atoms with van der Waals surface area (Å²) >= 11 is 6.30. The lowest BCUT2D eigenvalue weighted by atomic mass is 9.92. The average Bonchev–Trinajstić information content (AvgIpc) is 3.06. The molecule has 0 radical (unpaired) electrons. The number of pyridine rings is 1. The van der Waals surface area contributed by atoms with Gasteiger partial charge in [0.05, 0.1) is 6.61 Å². The molecule has 0 fully saturated rings. The topological polar surface area (TPSA) is 50.2 Å². The van der Waals surface area contributed by atoms with Crippen LogP contribution in [-0.4, -0.2) is 22.5 Å². The zero-order valence-corrected chi connectivity index (χ0v) is 15.6. The van der Waals surface area contributed by atoms with E-state index in [0.717, 1.165) is 33.4 Å². The first-order valence-electron chi connectivity index (χ1n) is 9.07. The van der Waals surface area contributed by atoms with Crippen LogP contribution in [0, 0.1) is 0 Å². The van der Waals surface area contributed by atoms with Gasteiger partial charge in [0.2, 0.25) is 0 Å². The summed E-state index contributed by atoms with van der Waals surface area (Å²) in [6.45, 7) is 0.0227.